The minimum atomic E-state index is -0.207. The minimum absolute atomic E-state index is 0.207. The molecule has 100 valence electrons. The van der Waals surface area contributed by atoms with E-state index in [4.69, 9.17) is 4.74 Å². The molecule has 0 saturated carbocycles. The molecule has 0 aromatic carbocycles. The summed E-state index contributed by atoms with van der Waals surface area (Å²) in [6.07, 6.45) is 16.0. The number of hydrogen-bond donors (Lipinski definition) is 0. The molecule has 2 nitrogen and oxygen atoms in total. The molecule has 0 aliphatic carbocycles. The molecule has 2 heteroatoms. The van der Waals surface area contributed by atoms with Gasteiger partial charge < -0.3 is 4.74 Å². The highest BCUT2D eigenvalue weighted by molar-refractivity contribution is 5.65. The molecule has 0 aromatic rings. The number of ether oxygens (including phenoxy) is 1. The van der Waals surface area contributed by atoms with E-state index in [0.29, 0.717) is 6.61 Å². The molecular formula is C15H28O2. The van der Waals surface area contributed by atoms with Crippen LogP contribution in [0.5, 0.6) is 0 Å². The van der Waals surface area contributed by atoms with Gasteiger partial charge >= 0.3 is 5.97 Å². The van der Waals surface area contributed by atoms with Gasteiger partial charge in [-0.05, 0) is 12.8 Å². The van der Waals surface area contributed by atoms with Gasteiger partial charge in [-0.2, -0.15) is 0 Å². The second kappa shape index (κ2) is 13.3. The Morgan fingerprint density at radius 3 is 2.12 bits per heavy atom. The molecule has 0 fully saturated rings. The molecule has 0 heterocycles. The number of hydrogen-bond acceptors (Lipinski definition) is 2. The van der Waals surface area contributed by atoms with Crippen molar-refractivity contribution in [1.29, 1.82) is 0 Å². The van der Waals surface area contributed by atoms with Crippen LogP contribution in [0.2, 0.25) is 0 Å². The van der Waals surface area contributed by atoms with E-state index < -0.39 is 0 Å². The van der Waals surface area contributed by atoms with E-state index in [1.165, 1.54) is 58.3 Å². The van der Waals surface area contributed by atoms with Crippen LogP contribution in [0.4, 0.5) is 0 Å². The maximum atomic E-state index is 10.5. The van der Waals surface area contributed by atoms with E-state index in [-0.39, 0.29) is 5.97 Å². The second-order valence-corrected chi connectivity index (χ2v) is 4.54. The Balaban J connectivity index is 3.05. The molecule has 0 aromatic heterocycles. The topological polar surface area (TPSA) is 26.3 Å². The largest absolute Gasteiger partial charge is 0.462 e. The predicted octanol–water partition coefficient (Wildman–Crippen LogP) is 4.64. The van der Waals surface area contributed by atoms with E-state index in [9.17, 15) is 4.79 Å². The molecule has 0 aliphatic heterocycles. The molecule has 0 saturated heterocycles. The maximum Gasteiger partial charge on any atom is 0.302 e. The number of unbranched alkanes of at least 4 members (excludes halogenated alkanes) is 8. The second-order valence-electron chi connectivity index (χ2n) is 4.54. The fraction of sp³-hybridized carbons (Fsp3) is 0.800. The summed E-state index contributed by atoms with van der Waals surface area (Å²) in [5, 5.41) is 0. The van der Waals surface area contributed by atoms with Gasteiger partial charge in [-0.15, -0.1) is 0 Å². The summed E-state index contributed by atoms with van der Waals surface area (Å²) in [4.78, 5) is 10.5. The summed E-state index contributed by atoms with van der Waals surface area (Å²) >= 11 is 0. The Hall–Kier alpha value is -0.790. The first kappa shape index (κ1) is 16.2. The molecule has 17 heavy (non-hydrogen) atoms. The third-order valence-electron chi connectivity index (χ3n) is 2.77. The first-order valence-electron chi connectivity index (χ1n) is 7.05. The average Bonchev–Trinajstić information content (AvgIpc) is 2.30. The van der Waals surface area contributed by atoms with Gasteiger partial charge in [0.15, 0.2) is 0 Å². The lowest BCUT2D eigenvalue weighted by molar-refractivity contribution is -0.139. The van der Waals surface area contributed by atoms with Crippen LogP contribution in [0.3, 0.4) is 0 Å². The maximum absolute atomic E-state index is 10.5. The summed E-state index contributed by atoms with van der Waals surface area (Å²) < 4.78 is 4.80. The van der Waals surface area contributed by atoms with Gasteiger partial charge in [0.25, 0.3) is 0 Å². The average molecular weight is 240 g/mol. The Bertz CT molecular complexity index is 197. The van der Waals surface area contributed by atoms with Crippen LogP contribution in [-0.4, -0.2) is 12.6 Å². The molecule has 0 N–H and O–H groups in total. The highest BCUT2D eigenvalue weighted by atomic mass is 16.5. The fourth-order valence-corrected chi connectivity index (χ4v) is 1.75. The monoisotopic (exact) mass is 240 g/mol. The van der Waals surface area contributed by atoms with Crippen molar-refractivity contribution in [1.82, 2.24) is 0 Å². The van der Waals surface area contributed by atoms with Crippen molar-refractivity contribution in [3.63, 3.8) is 0 Å². The molecule has 0 spiro atoms. The van der Waals surface area contributed by atoms with E-state index in [1.54, 1.807) is 0 Å². The number of rotatable bonds is 11. The number of esters is 1. The van der Waals surface area contributed by atoms with Crippen molar-refractivity contribution in [3.05, 3.63) is 12.2 Å². The first-order chi connectivity index (χ1) is 8.27. The predicted molar refractivity (Wildman–Crippen MR) is 73.0 cm³/mol. The zero-order valence-corrected chi connectivity index (χ0v) is 11.5. The van der Waals surface area contributed by atoms with Crippen molar-refractivity contribution < 1.29 is 9.53 Å². The van der Waals surface area contributed by atoms with E-state index in [0.717, 1.165) is 6.42 Å². The van der Waals surface area contributed by atoms with Crippen molar-refractivity contribution in [2.45, 2.75) is 71.6 Å². The van der Waals surface area contributed by atoms with Crippen LogP contribution in [0, 0.1) is 0 Å². The van der Waals surface area contributed by atoms with Crippen LogP contribution in [0.25, 0.3) is 0 Å². The molecular weight excluding hydrogens is 212 g/mol. The molecule has 0 aliphatic rings. The Kier molecular flexibility index (Phi) is 12.7. The number of carbonyl (C=O) groups excluding carboxylic acids is 1. The zero-order chi connectivity index (χ0) is 12.8. The molecule has 0 bridgehead atoms. The van der Waals surface area contributed by atoms with Crippen LogP contribution in [0.1, 0.15) is 71.6 Å². The van der Waals surface area contributed by atoms with Crippen molar-refractivity contribution >= 4 is 5.97 Å². The highest BCUT2D eigenvalue weighted by Crippen LogP contribution is 2.09. The molecule has 0 atom stereocenters. The Morgan fingerprint density at radius 2 is 1.53 bits per heavy atom. The van der Waals surface area contributed by atoms with Gasteiger partial charge in [0.05, 0.1) is 0 Å². The van der Waals surface area contributed by atoms with Gasteiger partial charge in [-0.25, -0.2) is 0 Å². The SMILES string of the molecule is CCCCCCCCCC/C=C\COC(C)=O. The van der Waals surface area contributed by atoms with E-state index in [2.05, 4.69) is 13.0 Å². The van der Waals surface area contributed by atoms with Gasteiger partial charge in [0.1, 0.15) is 6.61 Å². The first-order valence-corrected chi connectivity index (χ1v) is 7.05. The fourth-order valence-electron chi connectivity index (χ4n) is 1.75. The number of carbonyl (C=O) groups is 1. The van der Waals surface area contributed by atoms with Crippen molar-refractivity contribution in [3.8, 4) is 0 Å². The lowest BCUT2D eigenvalue weighted by Gasteiger charge is -2.00. The van der Waals surface area contributed by atoms with Gasteiger partial charge in [-0.3, -0.25) is 4.79 Å². The van der Waals surface area contributed by atoms with Crippen molar-refractivity contribution in [2.24, 2.45) is 0 Å². The lowest BCUT2D eigenvalue weighted by Crippen LogP contribution is -1.97. The summed E-state index contributed by atoms with van der Waals surface area (Å²) in [6, 6.07) is 0. The molecule has 0 amide bonds. The molecule has 0 unspecified atom stereocenters. The van der Waals surface area contributed by atoms with Crippen molar-refractivity contribution in [2.75, 3.05) is 6.61 Å². The third kappa shape index (κ3) is 15.2. The third-order valence-corrected chi connectivity index (χ3v) is 2.77. The summed E-state index contributed by atoms with van der Waals surface area (Å²) in [5.74, 6) is -0.207. The zero-order valence-electron chi connectivity index (χ0n) is 11.5. The minimum Gasteiger partial charge on any atom is -0.462 e. The standard InChI is InChI=1S/C15H28O2/c1-3-4-5-6-7-8-9-10-11-12-13-14-17-15(2)16/h12-13H,3-11,14H2,1-2H3/b13-12-. The molecule has 0 radical (unpaired) electrons. The van der Waals surface area contributed by atoms with Gasteiger partial charge in [0.2, 0.25) is 0 Å². The Morgan fingerprint density at radius 1 is 0.941 bits per heavy atom. The summed E-state index contributed by atoms with van der Waals surface area (Å²) in [5.41, 5.74) is 0. The van der Waals surface area contributed by atoms with Crippen LogP contribution >= 0.6 is 0 Å². The van der Waals surface area contributed by atoms with E-state index >= 15 is 0 Å². The summed E-state index contributed by atoms with van der Waals surface area (Å²) in [7, 11) is 0. The Labute approximate surface area is 106 Å². The van der Waals surface area contributed by atoms with E-state index in [1.807, 2.05) is 6.08 Å². The smallest absolute Gasteiger partial charge is 0.302 e. The van der Waals surface area contributed by atoms with Crippen LogP contribution in [-0.2, 0) is 9.53 Å². The van der Waals surface area contributed by atoms with Crippen LogP contribution in [0.15, 0.2) is 12.2 Å². The summed E-state index contributed by atoms with van der Waals surface area (Å²) in [6.45, 7) is 4.11. The van der Waals surface area contributed by atoms with Gasteiger partial charge in [-0.1, -0.05) is 64.0 Å². The normalized spacial score (nSPS) is 10.9. The van der Waals surface area contributed by atoms with Crippen LogP contribution < -0.4 is 0 Å². The molecule has 0 rings (SSSR count). The highest BCUT2D eigenvalue weighted by Gasteiger charge is 1.90. The lowest BCUT2D eigenvalue weighted by atomic mass is 10.1. The number of allylic oxidation sites excluding steroid dienone is 1. The quantitative estimate of drug-likeness (QED) is 0.299. The van der Waals surface area contributed by atoms with Gasteiger partial charge in [0, 0.05) is 6.92 Å².